The quantitative estimate of drug-likeness (QED) is 0.765. The molecule has 0 unspecified atom stereocenters. The van der Waals surface area contributed by atoms with Crippen molar-refractivity contribution in [2.75, 3.05) is 12.4 Å². The van der Waals surface area contributed by atoms with E-state index in [2.05, 4.69) is 5.32 Å². The summed E-state index contributed by atoms with van der Waals surface area (Å²) in [5, 5.41) is 2.78. The lowest BCUT2D eigenvalue weighted by atomic mass is 9.88. The first-order valence-corrected chi connectivity index (χ1v) is 7.14. The first kappa shape index (κ1) is 16.9. The van der Waals surface area contributed by atoms with Crippen molar-refractivity contribution >= 4 is 17.5 Å². The Kier molecular flexibility index (Phi) is 6.40. The van der Waals surface area contributed by atoms with Crippen LogP contribution in [0.1, 0.15) is 32.3 Å². The predicted octanol–water partition coefficient (Wildman–Crippen LogP) is 3.67. The van der Waals surface area contributed by atoms with Gasteiger partial charge in [-0.15, -0.1) is 11.6 Å². The van der Waals surface area contributed by atoms with E-state index in [0.717, 1.165) is 25.0 Å². The number of carbonyl (C=O) groups is 1. The molecule has 0 aromatic heterocycles. The molecule has 1 aromatic carbocycles. The van der Waals surface area contributed by atoms with E-state index in [4.69, 9.17) is 11.6 Å². The lowest BCUT2D eigenvalue weighted by molar-refractivity contribution is -0.120. The van der Waals surface area contributed by atoms with Gasteiger partial charge in [0.15, 0.2) is 0 Å². The summed E-state index contributed by atoms with van der Waals surface area (Å²) in [5.74, 6) is -1.01. The van der Waals surface area contributed by atoms with Gasteiger partial charge in [-0.05, 0) is 29.9 Å². The van der Waals surface area contributed by atoms with Crippen molar-refractivity contribution in [2.45, 2.75) is 33.1 Å². The van der Waals surface area contributed by atoms with Gasteiger partial charge in [-0.1, -0.05) is 19.9 Å². The molecule has 1 rings (SSSR count). The van der Waals surface area contributed by atoms with E-state index in [1.807, 2.05) is 13.8 Å². The van der Waals surface area contributed by atoms with Gasteiger partial charge in [0, 0.05) is 18.5 Å². The smallest absolute Gasteiger partial charge is 0.224 e. The van der Waals surface area contributed by atoms with E-state index < -0.39 is 11.6 Å². The minimum absolute atomic E-state index is 0.0497. The zero-order valence-electron chi connectivity index (χ0n) is 11.8. The highest BCUT2D eigenvalue weighted by Gasteiger charge is 2.18. The Morgan fingerprint density at radius 2 is 2.05 bits per heavy atom. The highest BCUT2D eigenvalue weighted by Crippen LogP contribution is 2.21. The van der Waals surface area contributed by atoms with Gasteiger partial charge >= 0.3 is 0 Å². The molecule has 0 saturated carbocycles. The number of alkyl halides is 1. The highest BCUT2D eigenvalue weighted by atomic mass is 35.5. The van der Waals surface area contributed by atoms with Crippen LogP contribution in [-0.2, 0) is 11.2 Å². The molecule has 0 fully saturated rings. The molecule has 20 heavy (non-hydrogen) atoms. The second kappa shape index (κ2) is 7.58. The Balaban J connectivity index is 2.47. The van der Waals surface area contributed by atoms with E-state index >= 15 is 0 Å². The van der Waals surface area contributed by atoms with Gasteiger partial charge in [-0.25, -0.2) is 8.78 Å². The molecule has 0 aliphatic carbocycles. The molecule has 0 heterocycles. The first-order chi connectivity index (χ1) is 9.34. The van der Waals surface area contributed by atoms with Gasteiger partial charge < -0.3 is 5.32 Å². The number of carbonyl (C=O) groups excluding carboxylic acids is 1. The summed E-state index contributed by atoms with van der Waals surface area (Å²) in [7, 11) is 0. The lowest BCUT2D eigenvalue weighted by Gasteiger charge is -2.24. The summed E-state index contributed by atoms with van der Waals surface area (Å²) in [6.45, 7) is 4.59. The second-order valence-electron chi connectivity index (χ2n) is 5.65. The number of amides is 1. The van der Waals surface area contributed by atoms with Crippen molar-refractivity contribution in [3.63, 3.8) is 0 Å². The summed E-state index contributed by atoms with van der Waals surface area (Å²) < 4.78 is 26.2. The molecule has 1 aromatic rings. The molecular weight excluding hydrogens is 284 g/mol. The van der Waals surface area contributed by atoms with Crippen LogP contribution in [0.15, 0.2) is 18.2 Å². The summed E-state index contributed by atoms with van der Waals surface area (Å²) in [6.07, 6.45) is 1.70. The van der Waals surface area contributed by atoms with E-state index in [0.29, 0.717) is 12.4 Å². The number of nitrogens with one attached hydrogen (secondary N) is 1. The predicted molar refractivity (Wildman–Crippen MR) is 76.8 cm³/mol. The molecule has 0 spiro atoms. The van der Waals surface area contributed by atoms with E-state index in [1.54, 1.807) is 0 Å². The largest absolute Gasteiger partial charge is 0.355 e. The van der Waals surface area contributed by atoms with Crippen LogP contribution in [0.25, 0.3) is 0 Å². The fraction of sp³-hybridized carbons (Fsp3) is 0.533. The van der Waals surface area contributed by atoms with Gasteiger partial charge in [0.2, 0.25) is 5.91 Å². The minimum Gasteiger partial charge on any atom is -0.355 e. The number of hydrogen-bond donors (Lipinski definition) is 1. The van der Waals surface area contributed by atoms with Gasteiger partial charge in [0.05, 0.1) is 6.42 Å². The third-order valence-corrected chi connectivity index (χ3v) is 3.38. The highest BCUT2D eigenvalue weighted by molar-refractivity contribution is 6.17. The fourth-order valence-corrected chi connectivity index (χ4v) is 2.01. The molecule has 0 saturated heterocycles. The van der Waals surface area contributed by atoms with E-state index in [-0.39, 0.29) is 23.3 Å². The lowest BCUT2D eigenvalue weighted by Crippen LogP contribution is -2.35. The number of halogens is 3. The molecule has 112 valence electrons. The Morgan fingerprint density at radius 3 is 2.65 bits per heavy atom. The maximum atomic E-state index is 13.4. The van der Waals surface area contributed by atoms with Crippen LogP contribution in [0.3, 0.4) is 0 Å². The number of hydrogen-bond acceptors (Lipinski definition) is 1. The van der Waals surface area contributed by atoms with Crippen molar-refractivity contribution < 1.29 is 13.6 Å². The molecule has 0 aliphatic heterocycles. The van der Waals surface area contributed by atoms with Crippen LogP contribution < -0.4 is 5.32 Å². The van der Waals surface area contributed by atoms with Gasteiger partial charge in [-0.3, -0.25) is 4.79 Å². The van der Waals surface area contributed by atoms with E-state index in [1.165, 1.54) is 6.07 Å². The zero-order valence-corrected chi connectivity index (χ0v) is 12.6. The first-order valence-electron chi connectivity index (χ1n) is 6.61. The Bertz CT molecular complexity index is 463. The second-order valence-corrected chi connectivity index (χ2v) is 6.02. The summed E-state index contributed by atoms with van der Waals surface area (Å²) >= 11 is 5.65. The average molecular weight is 304 g/mol. The SMILES string of the molecule is CC(C)(CCCCl)CNC(=O)Cc1ccc(F)cc1F. The Morgan fingerprint density at radius 1 is 1.35 bits per heavy atom. The summed E-state index contributed by atoms with van der Waals surface area (Å²) in [5.41, 5.74) is 0.147. The standard InChI is InChI=1S/C15H20ClF2NO/c1-15(2,6-3-7-16)10-19-14(20)8-11-4-5-12(17)9-13(11)18/h4-5,9H,3,6-8,10H2,1-2H3,(H,19,20). The summed E-state index contributed by atoms with van der Waals surface area (Å²) in [4.78, 5) is 11.8. The molecule has 0 bridgehead atoms. The van der Waals surface area contributed by atoms with Crippen LogP contribution >= 0.6 is 11.6 Å². The maximum absolute atomic E-state index is 13.4. The number of rotatable bonds is 7. The van der Waals surface area contributed by atoms with Crippen LogP contribution in [0.5, 0.6) is 0 Å². The molecule has 5 heteroatoms. The molecule has 1 N–H and O–H groups in total. The van der Waals surface area contributed by atoms with Crippen LogP contribution in [0.4, 0.5) is 8.78 Å². The molecule has 0 aliphatic rings. The third-order valence-electron chi connectivity index (χ3n) is 3.12. The van der Waals surface area contributed by atoms with Crippen molar-refractivity contribution in [1.82, 2.24) is 5.32 Å². The average Bonchev–Trinajstić information content (AvgIpc) is 2.38. The van der Waals surface area contributed by atoms with Crippen molar-refractivity contribution in [1.29, 1.82) is 0 Å². The van der Waals surface area contributed by atoms with Crippen LogP contribution in [0, 0.1) is 17.0 Å². The van der Waals surface area contributed by atoms with Crippen LogP contribution in [-0.4, -0.2) is 18.3 Å². The molecule has 2 nitrogen and oxygen atoms in total. The minimum atomic E-state index is -0.693. The molecule has 0 radical (unpaired) electrons. The normalized spacial score (nSPS) is 11.4. The van der Waals surface area contributed by atoms with Crippen molar-refractivity contribution in [3.8, 4) is 0 Å². The summed E-state index contributed by atoms with van der Waals surface area (Å²) in [6, 6.07) is 3.23. The van der Waals surface area contributed by atoms with Crippen LogP contribution in [0.2, 0.25) is 0 Å². The van der Waals surface area contributed by atoms with Crippen molar-refractivity contribution in [2.24, 2.45) is 5.41 Å². The Hall–Kier alpha value is -1.16. The fourth-order valence-electron chi connectivity index (χ4n) is 1.87. The van der Waals surface area contributed by atoms with Gasteiger partial charge in [0.25, 0.3) is 0 Å². The third kappa shape index (κ3) is 5.87. The topological polar surface area (TPSA) is 29.1 Å². The molecule has 0 atom stereocenters. The zero-order chi connectivity index (χ0) is 15.2. The van der Waals surface area contributed by atoms with Gasteiger partial charge in [0.1, 0.15) is 11.6 Å². The van der Waals surface area contributed by atoms with E-state index in [9.17, 15) is 13.6 Å². The molecule has 1 amide bonds. The molecular formula is C15H20ClF2NO. The Labute approximate surface area is 123 Å². The van der Waals surface area contributed by atoms with Gasteiger partial charge in [-0.2, -0.15) is 0 Å². The van der Waals surface area contributed by atoms with Crippen molar-refractivity contribution in [3.05, 3.63) is 35.4 Å². The maximum Gasteiger partial charge on any atom is 0.224 e. The number of benzene rings is 1. The monoisotopic (exact) mass is 303 g/mol.